The molecule has 4 aromatic rings. The van der Waals surface area contributed by atoms with E-state index in [1.54, 1.807) is 41.0 Å². The molecule has 2 aromatic heterocycles. The predicted molar refractivity (Wildman–Crippen MR) is 132 cm³/mol. The maximum atomic E-state index is 13.2. The molecule has 9 heteroatoms. The summed E-state index contributed by atoms with van der Waals surface area (Å²) in [5.74, 6) is 0.429. The molecule has 0 aliphatic carbocycles. The number of carbonyl (C=O) groups excluding carboxylic acids is 1. The molecule has 0 atom stereocenters. The molecule has 7 nitrogen and oxygen atoms in total. The normalized spacial score (nSPS) is 11.4. The van der Waals surface area contributed by atoms with Crippen LogP contribution in [0.2, 0.25) is 5.02 Å². The molecule has 0 saturated heterocycles. The van der Waals surface area contributed by atoms with Gasteiger partial charge in [0.15, 0.2) is 5.16 Å². The fraction of sp³-hybridized carbons (Fsp3) is 0.250. The van der Waals surface area contributed by atoms with Crippen LogP contribution in [0.5, 0.6) is 0 Å². The van der Waals surface area contributed by atoms with Gasteiger partial charge in [0.2, 0.25) is 5.91 Å². The Hall–Kier alpha value is -3.10. The number of benzene rings is 2. The summed E-state index contributed by atoms with van der Waals surface area (Å²) in [6.45, 7) is 5.99. The number of halogens is 1. The first kappa shape index (κ1) is 23.1. The Morgan fingerprint density at radius 3 is 2.67 bits per heavy atom. The Morgan fingerprint density at radius 1 is 1.15 bits per heavy atom. The first-order valence-electron chi connectivity index (χ1n) is 10.4. The molecule has 4 rings (SSSR count). The maximum Gasteiger partial charge on any atom is 0.336 e. The number of fused-ring (bicyclic) bond motifs is 2. The average Bonchev–Trinajstić information content (AvgIpc) is 2.73. The Kier molecular flexibility index (Phi) is 6.58. The van der Waals surface area contributed by atoms with E-state index in [1.165, 1.54) is 24.8 Å². The number of nitrogens with zero attached hydrogens (tertiary/aromatic N) is 2. The summed E-state index contributed by atoms with van der Waals surface area (Å²) in [7, 11) is 0. The van der Waals surface area contributed by atoms with Gasteiger partial charge in [-0.3, -0.25) is 14.2 Å². The molecule has 2 heterocycles. The number of nitrogens with one attached hydrogen (secondary N) is 1. The lowest BCUT2D eigenvalue weighted by atomic mass is 10.1. The van der Waals surface area contributed by atoms with Crippen molar-refractivity contribution in [3.05, 3.63) is 73.8 Å². The van der Waals surface area contributed by atoms with E-state index < -0.39 is 5.63 Å². The highest BCUT2D eigenvalue weighted by molar-refractivity contribution is 7.98. The van der Waals surface area contributed by atoms with E-state index in [0.717, 1.165) is 10.9 Å². The minimum absolute atomic E-state index is 0.143. The van der Waals surface area contributed by atoms with Crippen LogP contribution in [-0.2, 0) is 17.1 Å². The predicted octanol–water partition coefficient (Wildman–Crippen LogP) is 5.06. The van der Waals surface area contributed by atoms with Crippen LogP contribution in [0.1, 0.15) is 26.3 Å². The maximum absolute atomic E-state index is 13.2. The van der Waals surface area contributed by atoms with Crippen molar-refractivity contribution in [1.82, 2.24) is 9.55 Å². The van der Waals surface area contributed by atoms with Gasteiger partial charge in [0.05, 0.1) is 10.9 Å². The summed E-state index contributed by atoms with van der Waals surface area (Å²) in [4.78, 5) is 41.4. The molecular formula is C24H22ClN3O4S. The number of amides is 1. The third-order valence-electron chi connectivity index (χ3n) is 4.94. The van der Waals surface area contributed by atoms with E-state index in [0.29, 0.717) is 44.7 Å². The standard InChI is InChI=1S/C24H22ClN3O4S/c1-13(2)11-28-23(31)19-9-16(25)4-7-20(19)27-24(28)33-12-15-8-22(30)32-21-10-17(26-14(3)29)5-6-18(15)21/h4-10,13H,11-12H2,1-3H3,(H,26,29). The molecule has 0 bridgehead atoms. The molecule has 0 aliphatic heterocycles. The van der Waals surface area contributed by atoms with Gasteiger partial charge in [-0.15, -0.1) is 0 Å². The van der Waals surface area contributed by atoms with Crippen molar-refractivity contribution in [2.45, 2.75) is 38.2 Å². The number of thioether (sulfide) groups is 1. The van der Waals surface area contributed by atoms with Crippen molar-refractivity contribution in [2.24, 2.45) is 5.92 Å². The summed E-state index contributed by atoms with van der Waals surface area (Å²) in [6.07, 6.45) is 0. The highest BCUT2D eigenvalue weighted by Crippen LogP contribution is 2.28. The van der Waals surface area contributed by atoms with Crippen molar-refractivity contribution in [3.63, 3.8) is 0 Å². The van der Waals surface area contributed by atoms with Crippen molar-refractivity contribution >= 4 is 56.8 Å². The topological polar surface area (TPSA) is 94.2 Å². The van der Waals surface area contributed by atoms with Crippen LogP contribution in [0.3, 0.4) is 0 Å². The smallest absolute Gasteiger partial charge is 0.336 e. The number of aromatic nitrogens is 2. The zero-order valence-electron chi connectivity index (χ0n) is 18.3. The van der Waals surface area contributed by atoms with Gasteiger partial charge in [-0.1, -0.05) is 37.2 Å². The second-order valence-electron chi connectivity index (χ2n) is 8.14. The average molecular weight is 484 g/mol. The van der Waals surface area contributed by atoms with Crippen LogP contribution in [0.15, 0.2) is 61.6 Å². The fourth-order valence-corrected chi connectivity index (χ4v) is 4.75. The van der Waals surface area contributed by atoms with E-state index in [9.17, 15) is 14.4 Å². The number of hydrogen-bond acceptors (Lipinski definition) is 6. The summed E-state index contributed by atoms with van der Waals surface area (Å²) in [5, 5.41) is 4.96. The minimum atomic E-state index is -0.487. The van der Waals surface area contributed by atoms with Crippen molar-refractivity contribution < 1.29 is 9.21 Å². The Morgan fingerprint density at radius 2 is 1.94 bits per heavy atom. The van der Waals surface area contributed by atoms with Crippen LogP contribution in [-0.4, -0.2) is 15.5 Å². The summed E-state index contributed by atoms with van der Waals surface area (Å²) in [6, 6.07) is 11.7. The largest absolute Gasteiger partial charge is 0.423 e. The number of anilines is 1. The summed E-state index contributed by atoms with van der Waals surface area (Å²) < 4.78 is 7.00. The summed E-state index contributed by atoms with van der Waals surface area (Å²) >= 11 is 7.48. The SMILES string of the molecule is CC(=O)Nc1ccc2c(CSc3nc4ccc(Cl)cc4c(=O)n3CC(C)C)cc(=O)oc2c1. The molecule has 1 N–H and O–H groups in total. The molecule has 2 aromatic carbocycles. The highest BCUT2D eigenvalue weighted by atomic mass is 35.5. The third-order valence-corrected chi connectivity index (χ3v) is 6.20. The van der Waals surface area contributed by atoms with Gasteiger partial charge in [0.25, 0.3) is 5.56 Å². The molecule has 0 fully saturated rings. The molecule has 0 radical (unpaired) electrons. The highest BCUT2D eigenvalue weighted by Gasteiger charge is 2.15. The van der Waals surface area contributed by atoms with E-state index in [2.05, 4.69) is 5.32 Å². The monoisotopic (exact) mass is 483 g/mol. The van der Waals surface area contributed by atoms with Crippen molar-refractivity contribution in [1.29, 1.82) is 0 Å². The molecule has 33 heavy (non-hydrogen) atoms. The van der Waals surface area contributed by atoms with Crippen LogP contribution in [0.25, 0.3) is 21.9 Å². The number of carbonyl (C=O) groups is 1. The molecule has 0 saturated carbocycles. The number of rotatable bonds is 6. The second kappa shape index (κ2) is 9.41. The van der Waals surface area contributed by atoms with Crippen LogP contribution < -0.4 is 16.5 Å². The Labute approximate surface area is 198 Å². The van der Waals surface area contributed by atoms with Gasteiger partial charge in [0.1, 0.15) is 5.58 Å². The number of hydrogen-bond donors (Lipinski definition) is 1. The molecule has 1 amide bonds. The van der Waals surface area contributed by atoms with Gasteiger partial charge in [-0.25, -0.2) is 9.78 Å². The van der Waals surface area contributed by atoms with Crippen LogP contribution in [0.4, 0.5) is 5.69 Å². The second-order valence-corrected chi connectivity index (χ2v) is 9.52. The molecule has 170 valence electrons. The van der Waals surface area contributed by atoms with Gasteiger partial charge >= 0.3 is 5.63 Å². The lowest BCUT2D eigenvalue weighted by Crippen LogP contribution is -2.25. The van der Waals surface area contributed by atoms with Gasteiger partial charge in [0, 0.05) is 47.5 Å². The molecule has 0 spiro atoms. The molecule has 0 unspecified atom stereocenters. The lowest BCUT2D eigenvalue weighted by molar-refractivity contribution is -0.114. The van der Waals surface area contributed by atoms with Gasteiger partial charge < -0.3 is 9.73 Å². The molecular weight excluding hydrogens is 462 g/mol. The first-order valence-corrected chi connectivity index (χ1v) is 11.7. The Balaban J connectivity index is 1.75. The van der Waals surface area contributed by atoms with Crippen molar-refractivity contribution in [3.8, 4) is 0 Å². The van der Waals surface area contributed by atoms with E-state index >= 15 is 0 Å². The van der Waals surface area contributed by atoms with E-state index in [1.807, 2.05) is 13.8 Å². The lowest BCUT2D eigenvalue weighted by Gasteiger charge is -2.15. The van der Waals surface area contributed by atoms with Crippen LogP contribution in [0, 0.1) is 5.92 Å². The third kappa shape index (κ3) is 5.12. The van der Waals surface area contributed by atoms with Gasteiger partial charge in [-0.05, 0) is 41.8 Å². The van der Waals surface area contributed by atoms with Crippen molar-refractivity contribution in [2.75, 3.05) is 5.32 Å². The quantitative estimate of drug-likeness (QED) is 0.234. The zero-order chi connectivity index (χ0) is 23.7. The zero-order valence-corrected chi connectivity index (χ0v) is 19.9. The first-order chi connectivity index (χ1) is 15.7. The molecule has 0 aliphatic rings. The van der Waals surface area contributed by atoms with Crippen LogP contribution >= 0.6 is 23.4 Å². The minimum Gasteiger partial charge on any atom is -0.423 e. The fourth-order valence-electron chi connectivity index (χ4n) is 3.58. The Bertz CT molecular complexity index is 1490. The summed E-state index contributed by atoms with van der Waals surface area (Å²) in [5.41, 5.74) is 1.62. The van der Waals surface area contributed by atoms with E-state index in [4.69, 9.17) is 21.0 Å². The van der Waals surface area contributed by atoms with Gasteiger partial charge in [-0.2, -0.15) is 0 Å². The van der Waals surface area contributed by atoms with E-state index in [-0.39, 0.29) is 17.4 Å².